The summed E-state index contributed by atoms with van der Waals surface area (Å²) in [6.45, 7) is 13.3. The summed E-state index contributed by atoms with van der Waals surface area (Å²) in [6.07, 6.45) is -0.289. The van der Waals surface area contributed by atoms with E-state index in [9.17, 15) is 43.8 Å². The zero-order chi connectivity index (χ0) is 32.6. The molecule has 3 unspecified atom stereocenters. The van der Waals surface area contributed by atoms with E-state index in [1.165, 1.54) is 6.92 Å². The van der Waals surface area contributed by atoms with E-state index in [4.69, 9.17) is 0 Å². The van der Waals surface area contributed by atoms with Gasteiger partial charge in [-0.2, -0.15) is 0 Å². The number of aromatic hydroxyl groups is 1. The minimum atomic E-state index is -2.77. The van der Waals surface area contributed by atoms with Gasteiger partial charge in [0.05, 0.1) is 17.9 Å². The molecule has 0 radical (unpaired) electrons. The van der Waals surface area contributed by atoms with E-state index in [1.807, 2.05) is 13.8 Å². The van der Waals surface area contributed by atoms with Crippen LogP contribution < -0.4 is 0 Å². The van der Waals surface area contributed by atoms with Crippen LogP contribution in [0.2, 0.25) is 0 Å². The number of carbonyl (C=O) groups is 7. The molecule has 0 aliphatic heterocycles. The second-order valence-electron chi connectivity index (χ2n) is 14.1. The van der Waals surface area contributed by atoms with Gasteiger partial charge in [0.2, 0.25) is 0 Å². The van der Waals surface area contributed by atoms with Crippen LogP contribution in [0, 0.1) is 34.5 Å². The zero-order valence-corrected chi connectivity index (χ0v) is 26.3. The summed E-state index contributed by atoms with van der Waals surface area (Å²) >= 11 is 0. The number of benzene rings is 1. The van der Waals surface area contributed by atoms with Crippen LogP contribution in [0.25, 0.3) is 0 Å². The molecule has 2 saturated carbocycles. The Kier molecular flexibility index (Phi) is 8.09. The standard InChI is InChI=1S/C34H42O9/c1-9-19(36)12-20(37)10-18-11-21(15(2)3)22-13-32(7)14-33(8)25(16(4)5)28(39)23(17(6)35)30(41)34(33,43)31(42)26(32)29(40)24(22)27(18)38/h11,15-16,23,25-26,38,43H,9-10,12-14H2,1-8H3/t23?,25?,26?,32-,33-,34+/m1/s1. The fraction of sp³-hybridized carbons (Fsp3) is 0.618. The third kappa shape index (κ3) is 4.57. The average molecular weight is 595 g/mol. The molecule has 0 bridgehead atoms. The van der Waals surface area contributed by atoms with Gasteiger partial charge >= 0.3 is 0 Å². The number of aliphatic hydroxyl groups is 1. The van der Waals surface area contributed by atoms with Crippen LogP contribution in [-0.4, -0.2) is 56.3 Å². The number of carbonyl (C=O) groups excluding carboxylic acids is 7. The van der Waals surface area contributed by atoms with Gasteiger partial charge in [-0.25, -0.2) is 0 Å². The molecule has 2 N–H and O–H groups in total. The van der Waals surface area contributed by atoms with Crippen LogP contribution in [-0.2, 0) is 41.6 Å². The third-order valence-electron chi connectivity index (χ3n) is 10.3. The third-order valence-corrected chi connectivity index (χ3v) is 10.3. The molecule has 232 valence electrons. The quantitative estimate of drug-likeness (QED) is 0.428. The van der Waals surface area contributed by atoms with E-state index in [0.717, 1.165) is 6.92 Å². The highest BCUT2D eigenvalue weighted by molar-refractivity contribution is 6.32. The van der Waals surface area contributed by atoms with E-state index in [-0.39, 0.29) is 54.9 Å². The summed E-state index contributed by atoms with van der Waals surface area (Å²) in [4.78, 5) is 93.4. The van der Waals surface area contributed by atoms with Gasteiger partial charge < -0.3 is 10.2 Å². The highest BCUT2D eigenvalue weighted by Gasteiger charge is 2.76. The maximum absolute atomic E-state index is 14.5. The average Bonchev–Trinajstić information content (AvgIpc) is 2.86. The van der Waals surface area contributed by atoms with Gasteiger partial charge in [0.15, 0.2) is 28.7 Å². The Morgan fingerprint density at radius 2 is 1.60 bits per heavy atom. The molecule has 0 spiro atoms. The van der Waals surface area contributed by atoms with Gasteiger partial charge in [0.1, 0.15) is 29.0 Å². The molecule has 43 heavy (non-hydrogen) atoms. The fourth-order valence-electron chi connectivity index (χ4n) is 8.56. The van der Waals surface area contributed by atoms with E-state index in [2.05, 4.69) is 0 Å². The fourth-order valence-corrected chi connectivity index (χ4v) is 8.56. The summed E-state index contributed by atoms with van der Waals surface area (Å²) in [5.74, 6) is -10.4. The van der Waals surface area contributed by atoms with Gasteiger partial charge in [0, 0.05) is 29.7 Å². The SMILES string of the molecule is CCC(=O)CC(=O)Cc1cc(C(C)C)c2c(c1O)C(=O)C1C(=O)[C@@]3(O)C(=O)C(C(C)=O)C(=O)C(C(C)C)[C@@]3(C)C[C@@]1(C)C2. The van der Waals surface area contributed by atoms with Gasteiger partial charge in [-0.15, -0.1) is 0 Å². The van der Waals surface area contributed by atoms with Crippen molar-refractivity contribution in [1.29, 1.82) is 0 Å². The number of phenols is 1. The van der Waals surface area contributed by atoms with Crippen molar-refractivity contribution in [3.05, 3.63) is 28.3 Å². The lowest BCUT2D eigenvalue weighted by molar-refractivity contribution is -0.205. The molecular formula is C34H42O9. The first-order chi connectivity index (χ1) is 19.8. The molecule has 1 aromatic rings. The zero-order valence-electron chi connectivity index (χ0n) is 26.3. The first kappa shape index (κ1) is 32.6. The molecule has 3 aliphatic rings. The highest BCUT2D eigenvalue weighted by Crippen LogP contribution is 2.64. The first-order valence-corrected chi connectivity index (χ1v) is 15.1. The molecule has 0 aromatic heterocycles. The van der Waals surface area contributed by atoms with Crippen LogP contribution in [0.3, 0.4) is 0 Å². The van der Waals surface area contributed by atoms with Crippen LogP contribution >= 0.6 is 0 Å². The molecule has 9 nitrogen and oxygen atoms in total. The molecule has 0 amide bonds. The van der Waals surface area contributed by atoms with Crippen LogP contribution in [0.4, 0.5) is 0 Å². The maximum Gasteiger partial charge on any atom is 0.190 e. The summed E-state index contributed by atoms with van der Waals surface area (Å²) in [7, 11) is 0. The van der Waals surface area contributed by atoms with Crippen molar-refractivity contribution in [2.75, 3.05) is 0 Å². The van der Waals surface area contributed by atoms with E-state index < -0.39 is 80.6 Å². The van der Waals surface area contributed by atoms with Gasteiger partial charge in [-0.05, 0) is 48.1 Å². The summed E-state index contributed by atoms with van der Waals surface area (Å²) in [5.41, 5.74) is -4.21. The predicted octanol–water partition coefficient (Wildman–Crippen LogP) is 3.70. The number of ketones is 7. The molecule has 2 fully saturated rings. The van der Waals surface area contributed by atoms with Crippen LogP contribution in [0.5, 0.6) is 5.75 Å². The van der Waals surface area contributed by atoms with Gasteiger partial charge in [-0.3, -0.25) is 33.6 Å². The smallest absolute Gasteiger partial charge is 0.190 e. The van der Waals surface area contributed by atoms with Crippen LogP contribution in [0.1, 0.15) is 108 Å². The number of hydrogen-bond donors (Lipinski definition) is 2. The number of Topliss-reactive ketones (excluding diaryl/α,β-unsaturated/α-hetero) is 7. The Balaban J connectivity index is 1.93. The summed E-state index contributed by atoms with van der Waals surface area (Å²) < 4.78 is 0. The molecule has 6 atom stereocenters. The number of hydrogen-bond acceptors (Lipinski definition) is 9. The molecule has 0 saturated heterocycles. The molecule has 3 aliphatic carbocycles. The first-order valence-electron chi connectivity index (χ1n) is 15.1. The highest BCUT2D eigenvalue weighted by atomic mass is 16.3. The number of phenolic OH excluding ortho intramolecular Hbond substituents is 1. The lowest BCUT2D eigenvalue weighted by Gasteiger charge is -2.62. The van der Waals surface area contributed by atoms with Crippen molar-refractivity contribution >= 4 is 40.5 Å². The van der Waals surface area contributed by atoms with E-state index >= 15 is 0 Å². The number of fused-ring (bicyclic) bond motifs is 3. The van der Waals surface area contributed by atoms with Crippen molar-refractivity contribution in [1.82, 2.24) is 0 Å². The van der Waals surface area contributed by atoms with E-state index in [0.29, 0.717) is 11.1 Å². The molecule has 9 heteroatoms. The Morgan fingerprint density at radius 1 is 1.00 bits per heavy atom. The Bertz CT molecular complexity index is 1480. The Morgan fingerprint density at radius 3 is 2.12 bits per heavy atom. The Labute approximate surface area is 251 Å². The van der Waals surface area contributed by atoms with Crippen molar-refractivity contribution in [2.45, 2.75) is 99.0 Å². The monoisotopic (exact) mass is 594 g/mol. The Hall–Kier alpha value is -3.33. The molecular weight excluding hydrogens is 552 g/mol. The van der Waals surface area contributed by atoms with Crippen LogP contribution in [0.15, 0.2) is 6.07 Å². The topological polar surface area (TPSA) is 160 Å². The van der Waals surface area contributed by atoms with Gasteiger partial charge in [0.25, 0.3) is 0 Å². The minimum Gasteiger partial charge on any atom is -0.507 e. The predicted molar refractivity (Wildman–Crippen MR) is 156 cm³/mol. The van der Waals surface area contributed by atoms with E-state index in [1.54, 1.807) is 33.8 Å². The maximum atomic E-state index is 14.5. The molecule has 0 heterocycles. The summed E-state index contributed by atoms with van der Waals surface area (Å²) in [6, 6.07) is 1.68. The van der Waals surface area contributed by atoms with Crippen molar-refractivity contribution < 1.29 is 43.8 Å². The van der Waals surface area contributed by atoms with Gasteiger partial charge in [-0.1, -0.05) is 54.5 Å². The molecule has 4 rings (SSSR count). The van der Waals surface area contributed by atoms with Crippen molar-refractivity contribution in [2.24, 2.45) is 34.5 Å². The molecule has 1 aromatic carbocycles. The lowest BCUT2D eigenvalue weighted by atomic mass is 9.39. The normalized spacial score (nSPS) is 32.0. The summed E-state index contributed by atoms with van der Waals surface area (Å²) in [5, 5.41) is 23.5. The number of rotatable bonds is 8. The minimum absolute atomic E-state index is 0.0271. The largest absolute Gasteiger partial charge is 0.507 e. The lowest BCUT2D eigenvalue weighted by Crippen LogP contribution is -2.76. The van der Waals surface area contributed by atoms with Crippen molar-refractivity contribution in [3.63, 3.8) is 0 Å². The second-order valence-corrected chi connectivity index (χ2v) is 14.1. The second kappa shape index (κ2) is 10.7. The van der Waals surface area contributed by atoms with Crippen molar-refractivity contribution in [3.8, 4) is 5.75 Å².